The first-order chi connectivity index (χ1) is 18.6. The predicted octanol–water partition coefficient (Wildman–Crippen LogP) is 4.90. The number of aromatic nitrogens is 5. The highest BCUT2D eigenvalue weighted by Crippen LogP contribution is 2.30. The van der Waals surface area contributed by atoms with E-state index >= 15 is 4.39 Å². The number of piperidine rings is 1. The van der Waals surface area contributed by atoms with Crippen LogP contribution in [-0.4, -0.2) is 48.6 Å². The number of ether oxygens (including phenoxy) is 1. The monoisotopic (exact) mass is 507 g/mol. The van der Waals surface area contributed by atoms with Gasteiger partial charge in [0, 0.05) is 44.3 Å². The highest BCUT2D eigenvalue weighted by Gasteiger charge is 2.24. The number of pyridine rings is 3. The van der Waals surface area contributed by atoms with E-state index in [9.17, 15) is 0 Å². The number of anilines is 1. The zero-order valence-corrected chi connectivity index (χ0v) is 20.7. The molecule has 1 saturated heterocycles. The molecule has 0 saturated carbocycles. The number of hydrogen-bond acceptors (Lipinski definition) is 7. The van der Waals surface area contributed by atoms with Crippen molar-refractivity contribution in [2.24, 2.45) is 0 Å². The highest BCUT2D eigenvalue weighted by atomic mass is 19.1. The van der Waals surface area contributed by atoms with E-state index in [1.165, 1.54) is 6.08 Å². The van der Waals surface area contributed by atoms with Crippen LogP contribution in [0.1, 0.15) is 18.4 Å². The zero-order chi connectivity index (χ0) is 25.9. The quantitative estimate of drug-likeness (QED) is 0.371. The Morgan fingerprint density at radius 1 is 1.03 bits per heavy atom. The summed E-state index contributed by atoms with van der Waals surface area (Å²) < 4.78 is 23.4. The Morgan fingerprint density at radius 3 is 2.71 bits per heavy atom. The molecule has 9 heteroatoms. The summed E-state index contributed by atoms with van der Waals surface area (Å²) in [5.41, 5.74) is 12.4. The van der Waals surface area contributed by atoms with Gasteiger partial charge in [-0.05, 0) is 67.0 Å². The average molecular weight is 508 g/mol. The normalized spacial score (nSPS) is 16.6. The number of imidazole rings is 1. The summed E-state index contributed by atoms with van der Waals surface area (Å²) >= 11 is 0. The molecule has 4 aromatic rings. The molecule has 190 valence electrons. The van der Waals surface area contributed by atoms with Crippen molar-refractivity contribution in [1.29, 1.82) is 0 Å². The molecule has 0 aromatic carbocycles. The maximum atomic E-state index is 15.5. The van der Waals surface area contributed by atoms with E-state index in [1.54, 1.807) is 30.7 Å². The van der Waals surface area contributed by atoms with Crippen LogP contribution in [0.3, 0.4) is 0 Å². The number of hydrogen-bond donors (Lipinski definition) is 1. The molecule has 1 fully saturated rings. The number of halogens is 1. The van der Waals surface area contributed by atoms with E-state index in [0.29, 0.717) is 34.2 Å². The minimum Gasteiger partial charge on any atom is -0.480 e. The second-order valence-electron chi connectivity index (χ2n) is 9.24. The minimum atomic E-state index is -0.496. The van der Waals surface area contributed by atoms with E-state index in [-0.39, 0.29) is 11.9 Å². The molecule has 2 N–H and O–H groups in total. The van der Waals surface area contributed by atoms with Gasteiger partial charge in [0.15, 0.2) is 23.1 Å². The third kappa shape index (κ3) is 4.98. The second-order valence-corrected chi connectivity index (χ2v) is 9.24. The van der Waals surface area contributed by atoms with Crippen LogP contribution in [0.25, 0.3) is 28.4 Å². The van der Waals surface area contributed by atoms with Crippen molar-refractivity contribution in [3.05, 3.63) is 102 Å². The van der Waals surface area contributed by atoms with Crippen LogP contribution in [0, 0.1) is 0 Å². The van der Waals surface area contributed by atoms with E-state index in [4.69, 9.17) is 15.5 Å². The first-order valence-electron chi connectivity index (χ1n) is 12.5. The number of nitrogen functional groups attached to an aromatic ring is 1. The van der Waals surface area contributed by atoms with Crippen molar-refractivity contribution in [3.8, 4) is 11.5 Å². The Bertz CT molecular complexity index is 1590. The van der Waals surface area contributed by atoms with Crippen LogP contribution in [0.5, 0.6) is 0 Å². The van der Waals surface area contributed by atoms with Gasteiger partial charge in [0.25, 0.3) is 0 Å². The number of rotatable bonds is 6. The van der Waals surface area contributed by atoms with Crippen LogP contribution in [0.4, 0.5) is 10.2 Å². The van der Waals surface area contributed by atoms with Gasteiger partial charge in [-0.1, -0.05) is 11.8 Å². The molecule has 6 rings (SSSR count). The molecular weight excluding hydrogens is 481 g/mol. The Labute approximate surface area is 219 Å². The van der Waals surface area contributed by atoms with Crippen LogP contribution in [0.2, 0.25) is 0 Å². The molecule has 0 radical (unpaired) electrons. The highest BCUT2D eigenvalue weighted by molar-refractivity contribution is 5.83. The molecule has 1 aliphatic heterocycles. The molecule has 0 atom stereocenters. The number of allylic oxidation sites excluding steroid dienone is 4. The molecule has 8 nitrogen and oxygen atoms in total. The topological polar surface area (TPSA) is 95.0 Å². The van der Waals surface area contributed by atoms with Gasteiger partial charge in [-0.3, -0.25) is 14.5 Å². The molecular formula is C29H26FN7O. The molecule has 5 heterocycles. The van der Waals surface area contributed by atoms with Crippen molar-refractivity contribution >= 4 is 22.7 Å². The number of nitrogens with zero attached hydrogens (tertiary/aromatic N) is 6. The zero-order valence-electron chi connectivity index (χ0n) is 20.7. The smallest absolute Gasteiger partial charge is 0.198 e. The third-order valence-electron chi connectivity index (χ3n) is 6.60. The van der Waals surface area contributed by atoms with E-state index in [1.807, 2.05) is 47.0 Å². The Hall–Kier alpha value is -4.59. The maximum absolute atomic E-state index is 15.5. The van der Waals surface area contributed by atoms with Gasteiger partial charge >= 0.3 is 0 Å². The lowest BCUT2D eigenvalue weighted by Crippen LogP contribution is -2.36. The minimum absolute atomic E-state index is 0.0924. The summed E-state index contributed by atoms with van der Waals surface area (Å²) in [5, 5.41) is 0. The van der Waals surface area contributed by atoms with Crippen molar-refractivity contribution in [1.82, 2.24) is 29.4 Å². The fraction of sp³-hybridized carbons (Fsp3) is 0.207. The van der Waals surface area contributed by atoms with Gasteiger partial charge in [-0.2, -0.15) is 0 Å². The largest absolute Gasteiger partial charge is 0.480 e. The fourth-order valence-corrected chi connectivity index (χ4v) is 4.77. The Morgan fingerprint density at radius 2 is 1.89 bits per heavy atom. The molecule has 2 aliphatic rings. The van der Waals surface area contributed by atoms with Crippen LogP contribution in [0.15, 0.2) is 96.6 Å². The summed E-state index contributed by atoms with van der Waals surface area (Å²) in [6.07, 6.45) is 11.5. The summed E-state index contributed by atoms with van der Waals surface area (Å²) in [6, 6.07) is 13.2. The van der Waals surface area contributed by atoms with Crippen LogP contribution in [-0.2, 0) is 11.3 Å². The van der Waals surface area contributed by atoms with Gasteiger partial charge < -0.3 is 10.5 Å². The van der Waals surface area contributed by atoms with Gasteiger partial charge in [0.05, 0.1) is 5.70 Å². The summed E-state index contributed by atoms with van der Waals surface area (Å²) in [4.78, 5) is 20.1. The molecule has 4 aromatic heterocycles. The molecule has 1 aliphatic carbocycles. The maximum Gasteiger partial charge on any atom is 0.198 e. The van der Waals surface area contributed by atoms with E-state index in [0.717, 1.165) is 38.0 Å². The lowest BCUT2D eigenvalue weighted by atomic mass is 10.1. The average Bonchev–Trinajstić information content (AvgIpc) is 3.23. The fourth-order valence-electron chi connectivity index (χ4n) is 4.77. The lowest BCUT2D eigenvalue weighted by molar-refractivity contribution is 0.0482. The predicted molar refractivity (Wildman–Crippen MR) is 144 cm³/mol. The number of fused-ring (bicyclic) bond motifs is 1. The lowest BCUT2D eigenvalue weighted by Gasteiger charge is -2.32. The standard InChI is InChI=1S/C29H26FN7O/c30-23-18-21(37-28-25(7-4-13-34-28)35-29(37)24-6-1-2-12-32-24)5-3-8-26(23)38-22-10-15-36(16-11-22)19-20-9-14-33-27(31)17-20/h1-7,9,12-14,17-18,22H,10-11,15-16,19H2,(H2,31,33). The SMILES string of the molecule is Nc1cc(CN2CCC(OC3=C=CC=C(n4c(-c5ccccn5)nc5cccnc54)C=C3F)CC2)ccn1. The Balaban J connectivity index is 1.18. The summed E-state index contributed by atoms with van der Waals surface area (Å²) in [7, 11) is 0. The molecule has 0 amide bonds. The van der Waals surface area contributed by atoms with Gasteiger partial charge in [0.2, 0.25) is 0 Å². The van der Waals surface area contributed by atoms with Crippen LogP contribution < -0.4 is 5.73 Å². The van der Waals surface area contributed by atoms with Crippen molar-refractivity contribution < 1.29 is 9.13 Å². The third-order valence-corrected chi connectivity index (χ3v) is 6.60. The molecule has 0 unspecified atom stereocenters. The Kier molecular flexibility index (Phi) is 6.52. The van der Waals surface area contributed by atoms with Crippen molar-refractivity contribution in [2.75, 3.05) is 18.8 Å². The molecule has 38 heavy (non-hydrogen) atoms. The number of likely N-dealkylation sites (tertiary alicyclic amines) is 1. The second kappa shape index (κ2) is 10.4. The van der Waals surface area contributed by atoms with Gasteiger partial charge in [0.1, 0.15) is 23.1 Å². The first-order valence-corrected chi connectivity index (χ1v) is 12.5. The van der Waals surface area contributed by atoms with E-state index in [2.05, 4.69) is 25.6 Å². The molecule has 0 bridgehead atoms. The molecule has 0 spiro atoms. The summed E-state index contributed by atoms with van der Waals surface area (Å²) in [6.45, 7) is 2.49. The van der Waals surface area contributed by atoms with Gasteiger partial charge in [-0.15, -0.1) is 0 Å². The van der Waals surface area contributed by atoms with Crippen molar-refractivity contribution in [3.63, 3.8) is 0 Å². The summed E-state index contributed by atoms with van der Waals surface area (Å²) in [5.74, 6) is 0.711. The first kappa shape index (κ1) is 23.8. The van der Waals surface area contributed by atoms with Gasteiger partial charge in [-0.25, -0.2) is 19.3 Å². The van der Waals surface area contributed by atoms with Crippen LogP contribution >= 0.6 is 0 Å². The van der Waals surface area contributed by atoms with E-state index < -0.39 is 5.83 Å². The number of nitrogens with two attached hydrogens (primary N) is 1. The van der Waals surface area contributed by atoms with Crippen molar-refractivity contribution in [2.45, 2.75) is 25.5 Å².